The van der Waals surface area contributed by atoms with Crippen LogP contribution in [0.15, 0.2) is 42.0 Å². The number of allylic oxidation sites excluding steroid dienone is 2. The second kappa shape index (κ2) is 6.18. The van der Waals surface area contributed by atoms with E-state index in [4.69, 9.17) is 9.47 Å². The minimum absolute atomic E-state index is 0.116. The zero-order valence-corrected chi connectivity index (χ0v) is 12.5. The van der Waals surface area contributed by atoms with Crippen molar-refractivity contribution in [1.82, 2.24) is 0 Å². The maximum Gasteiger partial charge on any atom is 0.173 e. The van der Waals surface area contributed by atoms with E-state index in [2.05, 4.69) is 0 Å². The molecule has 1 saturated carbocycles. The fraction of sp³-hybridized carbons (Fsp3) is 0.333. The Labute approximate surface area is 129 Å². The molecule has 3 rings (SSSR count). The predicted octanol–water partition coefficient (Wildman–Crippen LogP) is 2.93. The maximum absolute atomic E-state index is 12.7. The molecule has 0 aromatic heterocycles. The van der Waals surface area contributed by atoms with Gasteiger partial charge in [-0.3, -0.25) is 9.59 Å². The Kier molecular flexibility index (Phi) is 4.09. The lowest BCUT2D eigenvalue weighted by molar-refractivity contribution is -0.126. The summed E-state index contributed by atoms with van der Waals surface area (Å²) in [7, 11) is 1.49. The third kappa shape index (κ3) is 2.56. The van der Waals surface area contributed by atoms with Crippen molar-refractivity contribution in [2.45, 2.75) is 19.3 Å². The van der Waals surface area contributed by atoms with Gasteiger partial charge in [0.05, 0.1) is 12.7 Å². The second-order valence-electron chi connectivity index (χ2n) is 5.45. The highest BCUT2D eigenvalue weighted by Crippen LogP contribution is 2.35. The molecule has 1 fully saturated rings. The Morgan fingerprint density at radius 2 is 2.00 bits per heavy atom. The first-order valence-electron chi connectivity index (χ1n) is 7.45. The molecule has 0 saturated heterocycles. The van der Waals surface area contributed by atoms with Gasteiger partial charge in [0, 0.05) is 12.3 Å². The third-order valence-corrected chi connectivity index (χ3v) is 4.10. The normalized spacial score (nSPS) is 26.5. The molecule has 4 heteroatoms. The van der Waals surface area contributed by atoms with Gasteiger partial charge >= 0.3 is 0 Å². The van der Waals surface area contributed by atoms with Crippen LogP contribution in [0.1, 0.15) is 24.8 Å². The van der Waals surface area contributed by atoms with Gasteiger partial charge in [-0.25, -0.2) is 0 Å². The number of Topliss-reactive ketones (excluding diaryl/α,β-unsaturated/α-hetero) is 2. The van der Waals surface area contributed by atoms with Gasteiger partial charge in [0.15, 0.2) is 11.6 Å². The zero-order valence-electron chi connectivity index (χ0n) is 12.5. The standard InChI is InChI=1S/C18H18O4/c1-21-18-13-7-2-3-8-15(13)22-11-5-4-6-12-9-10-14(19)16(18)17(12)20/h2-5,7-8,12H,6,9-11H2,1H3/b5-4-,18-16+/t12-/m0/s1. The molecular weight excluding hydrogens is 280 g/mol. The molecule has 4 nitrogen and oxygen atoms in total. The number of carbonyl (C=O) groups is 2. The third-order valence-electron chi connectivity index (χ3n) is 4.10. The van der Waals surface area contributed by atoms with Gasteiger partial charge in [-0.15, -0.1) is 0 Å². The zero-order chi connectivity index (χ0) is 15.5. The number of fused-ring (bicyclic) bond motifs is 3. The SMILES string of the molecule is CO/C1=C2\C(=O)CC[C@H](C/C=C\COc3ccccc31)C2=O. The van der Waals surface area contributed by atoms with Crippen molar-refractivity contribution in [3.05, 3.63) is 47.6 Å². The predicted molar refractivity (Wildman–Crippen MR) is 82.4 cm³/mol. The molecule has 1 atom stereocenters. The largest absolute Gasteiger partial charge is 0.495 e. The van der Waals surface area contributed by atoms with Crippen molar-refractivity contribution >= 4 is 17.3 Å². The molecule has 22 heavy (non-hydrogen) atoms. The van der Waals surface area contributed by atoms with Crippen molar-refractivity contribution < 1.29 is 19.1 Å². The lowest BCUT2D eigenvalue weighted by Gasteiger charge is -2.23. The number of hydrogen-bond acceptors (Lipinski definition) is 4. The summed E-state index contributed by atoms with van der Waals surface area (Å²) in [5, 5.41) is 0. The number of ketones is 2. The summed E-state index contributed by atoms with van der Waals surface area (Å²) < 4.78 is 11.2. The lowest BCUT2D eigenvalue weighted by atomic mass is 9.80. The van der Waals surface area contributed by atoms with Crippen LogP contribution in [0.5, 0.6) is 5.75 Å². The average Bonchev–Trinajstić information content (AvgIpc) is 2.54. The second-order valence-corrected chi connectivity index (χ2v) is 5.45. The van der Waals surface area contributed by atoms with Crippen LogP contribution in [0.2, 0.25) is 0 Å². The molecule has 1 heterocycles. The Bertz CT molecular complexity index is 669. The van der Waals surface area contributed by atoms with E-state index in [0.717, 1.165) is 0 Å². The van der Waals surface area contributed by atoms with Crippen LogP contribution in [-0.2, 0) is 14.3 Å². The summed E-state index contributed by atoms with van der Waals surface area (Å²) in [6, 6.07) is 7.32. The molecule has 0 amide bonds. The van der Waals surface area contributed by atoms with E-state index in [1.807, 2.05) is 36.4 Å². The highest BCUT2D eigenvalue weighted by Gasteiger charge is 2.35. The van der Waals surface area contributed by atoms with Gasteiger partial charge in [0.1, 0.15) is 23.7 Å². The number of methoxy groups -OCH3 is 1. The van der Waals surface area contributed by atoms with Crippen LogP contribution in [0.3, 0.4) is 0 Å². The van der Waals surface area contributed by atoms with Crippen molar-refractivity contribution in [1.29, 1.82) is 0 Å². The van der Waals surface area contributed by atoms with Crippen molar-refractivity contribution in [3.8, 4) is 5.75 Å². The van der Waals surface area contributed by atoms with Gasteiger partial charge < -0.3 is 9.47 Å². The van der Waals surface area contributed by atoms with Gasteiger partial charge in [0.2, 0.25) is 0 Å². The van der Waals surface area contributed by atoms with Crippen LogP contribution >= 0.6 is 0 Å². The van der Waals surface area contributed by atoms with Crippen LogP contribution in [-0.4, -0.2) is 25.3 Å². The molecule has 1 aromatic carbocycles. The number of ether oxygens (including phenoxy) is 2. The van der Waals surface area contributed by atoms with Crippen LogP contribution < -0.4 is 4.74 Å². The lowest BCUT2D eigenvalue weighted by Crippen LogP contribution is -2.29. The number of para-hydroxylation sites is 1. The number of hydrogen-bond donors (Lipinski definition) is 0. The van der Waals surface area contributed by atoms with Crippen LogP contribution in [0.4, 0.5) is 0 Å². The van der Waals surface area contributed by atoms with E-state index < -0.39 is 0 Å². The number of benzene rings is 1. The fourth-order valence-electron chi connectivity index (χ4n) is 2.96. The van der Waals surface area contributed by atoms with E-state index in [0.29, 0.717) is 42.9 Å². The van der Waals surface area contributed by atoms with E-state index in [9.17, 15) is 9.59 Å². The number of rotatable bonds is 1. The van der Waals surface area contributed by atoms with Crippen LogP contribution in [0.25, 0.3) is 5.76 Å². The first kappa shape index (κ1) is 14.6. The Morgan fingerprint density at radius 3 is 2.82 bits per heavy atom. The minimum atomic E-state index is -0.153. The molecule has 1 aliphatic heterocycles. The monoisotopic (exact) mass is 298 g/mol. The van der Waals surface area contributed by atoms with Gasteiger partial charge in [-0.2, -0.15) is 0 Å². The van der Waals surface area contributed by atoms with Crippen molar-refractivity contribution in [2.24, 2.45) is 5.92 Å². The van der Waals surface area contributed by atoms with E-state index >= 15 is 0 Å². The topological polar surface area (TPSA) is 52.6 Å². The first-order valence-corrected chi connectivity index (χ1v) is 7.45. The van der Waals surface area contributed by atoms with Gasteiger partial charge in [-0.1, -0.05) is 24.3 Å². The van der Waals surface area contributed by atoms with Gasteiger partial charge in [-0.05, 0) is 25.0 Å². The summed E-state index contributed by atoms with van der Waals surface area (Å²) in [6.07, 6.45) is 5.49. The Morgan fingerprint density at radius 1 is 1.18 bits per heavy atom. The highest BCUT2D eigenvalue weighted by molar-refractivity contribution is 6.26. The smallest absolute Gasteiger partial charge is 0.173 e. The molecule has 0 unspecified atom stereocenters. The molecular formula is C18H18O4. The minimum Gasteiger partial charge on any atom is -0.495 e. The van der Waals surface area contributed by atoms with Gasteiger partial charge in [0.25, 0.3) is 0 Å². The summed E-state index contributed by atoms with van der Waals surface area (Å²) in [4.78, 5) is 25.0. The Balaban J connectivity index is 2.22. The first-order chi connectivity index (χ1) is 10.7. The highest BCUT2D eigenvalue weighted by atomic mass is 16.5. The quantitative estimate of drug-likeness (QED) is 0.591. The van der Waals surface area contributed by atoms with Crippen molar-refractivity contribution in [3.63, 3.8) is 0 Å². The van der Waals surface area contributed by atoms with Crippen LogP contribution in [0, 0.1) is 5.92 Å². The summed E-state index contributed by atoms with van der Waals surface area (Å²) in [5.74, 6) is 0.531. The number of carbonyl (C=O) groups excluding carboxylic acids is 2. The summed E-state index contributed by atoms with van der Waals surface area (Å²) in [5.41, 5.74) is 0.836. The molecule has 1 aliphatic carbocycles. The molecule has 2 aliphatic rings. The maximum atomic E-state index is 12.7. The molecule has 1 aromatic rings. The molecule has 2 bridgehead atoms. The average molecular weight is 298 g/mol. The summed E-state index contributed by atoms with van der Waals surface area (Å²) in [6.45, 7) is 0.429. The van der Waals surface area contributed by atoms with E-state index in [1.54, 1.807) is 0 Å². The molecule has 0 N–H and O–H groups in total. The summed E-state index contributed by atoms with van der Waals surface area (Å²) >= 11 is 0. The molecule has 114 valence electrons. The van der Waals surface area contributed by atoms with E-state index in [-0.39, 0.29) is 23.1 Å². The van der Waals surface area contributed by atoms with Crippen molar-refractivity contribution in [2.75, 3.05) is 13.7 Å². The van der Waals surface area contributed by atoms with E-state index in [1.165, 1.54) is 7.11 Å². The Hall–Kier alpha value is -2.36. The fourth-order valence-corrected chi connectivity index (χ4v) is 2.96. The molecule has 0 radical (unpaired) electrons. The molecule has 0 spiro atoms.